The molecule has 1 amide bonds. The highest BCUT2D eigenvalue weighted by Gasteiger charge is 2.09. The molecule has 5 heteroatoms. The molecule has 2 N–H and O–H groups in total. The highest BCUT2D eigenvalue weighted by molar-refractivity contribution is 5.77. The molecule has 5 nitrogen and oxygen atoms in total. The molecule has 102 valence electrons. The van der Waals surface area contributed by atoms with Gasteiger partial charge >= 0.3 is 0 Å². The van der Waals surface area contributed by atoms with Crippen molar-refractivity contribution < 1.29 is 14.6 Å². The smallest absolute Gasteiger partial charge is 0.234 e. The summed E-state index contributed by atoms with van der Waals surface area (Å²) in [4.78, 5) is 13.5. The first-order valence-corrected chi connectivity index (χ1v) is 6.19. The molecule has 0 bridgehead atoms. The fourth-order valence-electron chi connectivity index (χ4n) is 1.39. The van der Waals surface area contributed by atoms with Crippen molar-refractivity contribution in [3.05, 3.63) is 0 Å². The third-order valence-electron chi connectivity index (χ3n) is 2.44. The second kappa shape index (κ2) is 10.5. The third-order valence-corrected chi connectivity index (χ3v) is 2.44. The highest BCUT2D eigenvalue weighted by Crippen LogP contribution is 1.96. The van der Waals surface area contributed by atoms with Crippen LogP contribution < -0.4 is 5.32 Å². The van der Waals surface area contributed by atoms with Crippen molar-refractivity contribution in [3.63, 3.8) is 0 Å². The van der Waals surface area contributed by atoms with E-state index < -0.39 is 0 Å². The zero-order valence-electron chi connectivity index (χ0n) is 11.2. The molecule has 0 aromatic carbocycles. The average molecular weight is 246 g/mol. The van der Waals surface area contributed by atoms with Gasteiger partial charge in [-0.25, -0.2) is 0 Å². The van der Waals surface area contributed by atoms with Crippen LogP contribution in [-0.2, 0) is 9.53 Å². The molecule has 0 aromatic heterocycles. The molecule has 0 aliphatic heterocycles. The number of nitrogens with zero attached hydrogens (tertiary/aromatic N) is 1. The van der Waals surface area contributed by atoms with Gasteiger partial charge in [-0.15, -0.1) is 0 Å². The van der Waals surface area contributed by atoms with Crippen LogP contribution in [0.5, 0.6) is 0 Å². The zero-order chi connectivity index (χ0) is 13.1. The number of carbonyl (C=O) groups excluding carboxylic acids is 1. The predicted octanol–water partition coefficient (Wildman–Crippen LogP) is 0.0894. The van der Waals surface area contributed by atoms with Gasteiger partial charge in [0.2, 0.25) is 5.91 Å². The monoisotopic (exact) mass is 246 g/mol. The lowest BCUT2D eigenvalue weighted by atomic mass is 10.1. The summed E-state index contributed by atoms with van der Waals surface area (Å²) in [5.74, 6) is 0.604. The maximum Gasteiger partial charge on any atom is 0.234 e. The van der Waals surface area contributed by atoms with Crippen LogP contribution in [0.2, 0.25) is 0 Å². The van der Waals surface area contributed by atoms with Gasteiger partial charge in [-0.1, -0.05) is 13.8 Å². The van der Waals surface area contributed by atoms with Gasteiger partial charge in [0.05, 0.1) is 19.8 Å². The van der Waals surface area contributed by atoms with Crippen molar-refractivity contribution >= 4 is 5.91 Å². The molecule has 0 spiro atoms. The van der Waals surface area contributed by atoms with E-state index in [4.69, 9.17) is 9.84 Å². The summed E-state index contributed by atoms with van der Waals surface area (Å²) in [6.45, 7) is 7.08. The highest BCUT2D eigenvalue weighted by atomic mass is 16.5. The van der Waals surface area contributed by atoms with Gasteiger partial charge in [0.15, 0.2) is 0 Å². The maximum atomic E-state index is 11.6. The number of methoxy groups -OCH3 is 1. The van der Waals surface area contributed by atoms with E-state index in [0.717, 1.165) is 6.42 Å². The number of aliphatic hydroxyl groups is 1. The zero-order valence-corrected chi connectivity index (χ0v) is 11.2. The number of hydrogen-bond acceptors (Lipinski definition) is 4. The number of amides is 1. The number of nitrogens with one attached hydrogen (secondary N) is 1. The number of ether oxygens (including phenoxy) is 1. The lowest BCUT2D eigenvalue weighted by Gasteiger charge is -2.20. The van der Waals surface area contributed by atoms with E-state index in [-0.39, 0.29) is 12.5 Å². The molecule has 0 unspecified atom stereocenters. The molecule has 0 saturated heterocycles. The van der Waals surface area contributed by atoms with Gasteiger partial charge in [-0.2, -0.15) is 0 Å². The number of rotatable bonds is 10. The Kier molecular flexibility index (Phi) is 10.1. The molecular weight excluding hydrogens is 220 g/mol. The molecule has 0 aliphatic carbocycles. The minimum absolute atomic E-state index is 0.00945. The quantitative estimate of drug-likeness (QED) is 0.573. The normalized spacial score (nSPS) is 11.2. The van der Waals surface area contributed by atoms with E-state index in [9.17, 15) is 4.79 Å². The van der Waals surface area contributed by atoms with E-state index in [0.29, 0.717) is 38.7 Å². The van der Waals surface area contributed by atoms with Gasteiger partial charge in [-0.05, 0) is 12.3 Å². The van der Waals surface area contributed by atoms with Crippen LogP contribution in [0.15, 0.2) is 0 Å². The maximum absolute atomic E-state index is 11.6. The summed E-state index contributed by atoms with van der Waals surface area (Å²) in [7, 11) is 1.62. The van der Waals surface area contributed by atoms with Crippen molar-refractivity contribution in [2.45, 2.75) is 20.3 Å². The van der Waals surface area contributed by atoms with Crippen LogP contribution in [0.1, 0.15) is 20.3 Å². The summed E-state index contributed by atoms with van der Waals surface area (Å²) < 4.78 is 4.96. The minimum atomic E-state index is 0.00945. The molecule has 0 heterocycles. The van der Waals surface area contributed by atoms with Gasteiger partial charge in [0.1, 0.15) is 0 Å². The van der Waals surface area contributed by atoms with Crippen LogP contribution >= 0.6 is 0 Å². The first-order chi connectivity index (χ1) is 8.10. The molecular formula is C12H26N2O3. The van der Waals surface area contributed by atoms with E-state index in [2.05, 4.69) is 19.2 Å². The standard InChI is InChI=1S/C12H26N2O3/c1-11(2)4-5-13-12(16)10-14(6-8-15)7-9-17-3/h11,15H,4-10H2,1-3H3,(H,13,16). The summed E-state index contributed by atoms with van der Waals surface area (Å²) >= 11 is 0. The van der Waals surface area contributed by atoms with Crippen LogP contribution in [0.4, 0.5) is 0 Å². The Morgan fingerprint density at radius 2 is 2.12 bits per heavy atom. The lowest BCUT2D eigenvalue weighted by molar-refractivity contribution is -0.122. The number of hydrogen-bond donors (Lipinski definition) is 2. The second-order valence-corrected chi connectivity index (χ2v) is 4.53. The Labute approximate surface area is 104 Å². The van der Waals surface area contributed by atoms with E-state index in [1.165, 1.54) is 0 Å². The summed E-state index contributed by atoms with van der Waals surface area (Å²) in [5, 5.41) is 11.8. The average Bonchev–Trinajstić information content (AvgIpc) is 2.25. The van der Waals surface area contributed by atoms with Crippen LogP contribution in [0.3, 0.4) is 0 Å². The molecule has 0 rings (SSSR count). The Hall–Kier alpha value is -0.650. The Morgan fingerprint density at radius 1 is 1.41 bits per heavy atom. The molecule has 0 aromatic rings. The topological polar surface area (TPSA) is 61.8 Å². The summed E-state index contributed by atoms with van der Waals surface area (Å²) in [6.07, 6.45) is 0.990. The van der Waals surface area contributed by atoms with Gasteiger partial charge in [0.25, 0.3) is 0 Å². The van der Waals surface area contributed by atoms with Crippen LogP contribution in [-0.4, -0.2) is 62.4 Å². The first kappa shape index (κ1) is 16.4. The fraction of sp³-hybridized carbons (Fsp3) is 0.917. The SMILES string of the molecule is COCCN(CCO)CC(=O)NCCC(C)C. The Bertz CT molecular complexity index is 198. The fourth-order valence-corrected chi connectivity index (χ4v) is 1.39. The van der Waals surface area contributed by atoms with E-state index in [1.807, 2.05) is 4.90 Å². The predicted molar refractivity (Wildman–Crippen MR) is 67.9 cm³/mol. The van der Waals surface area contributed by atoms with Crippen molar-refractivity contribution in [2.75, 3.05) is 46.5 Å². The minimum Gasteiger partial charge on any atom is -0.395 e. The van der Waals surface area contributed by atoms with Crippen molar-refractivity contribution in [1.82, 2.24) is 10.2 Å². The molecule has 0 saturated carbocycles. The lowest BCUT2D eigenvalue weighted by Crippen LogP contribution is -2.40. The number of aliphatic hydroxyl groups excluding tert-OH is 1. The molecule has 0 aliphatic rings. The Morgan fingerprint density at radius 3 is 2.65 bits per heavy atom. The molecule has 17 heavy (non-hydrogen) atoms. The van der Waals surface area contributed by atoms with Crippen molar-refractivity contribution in [1.29, 1.82) is 0 Å². The van der Waals surface area contributed by atoms with E-state index >= 15 is 0 Å². The van der Waals surface area contributed by atoms with Crippen LogP contribution in [0, 0.1) is 5.92 Å². The number of carbonyl (C=O) groups is 1. The Balaban J connectivity index is 3.77. The molecule has 0 radical (unpaired) electrons. The van der Waals surface area contributed by atoms with E-state index in [1.54, 1.807) is 7.11 Å². The molecule has 0 fully saturated rings. The van der Waals surface area contributed by atoms with Crippen molar-refractivity contribution in [2.24, 2.45) is 5.92 Å². The summed E-state index contributed by atoms with van der Waals surface area (Å²) in [6, 6.07) is 0. The first-order valence-electron chi connectivity index (χ1n) is 6.19. The van der Waals surface area contributed by atoms with Gasteiger partial charge in [-0.3, -0.25) is 9.69 Å². The van der Waals surface area contributed by atoms with Gasteiger partial charge in [0, 0.05) is 26.7 Å². The third kappa shape index (κ3) is 10.2. The summed E-state index contributed by atoms with van der Waals surface area (Å²) in [5.41, 5.74) is 0. The largest absolute Gasteiger partial charge is 0.395 e. The molecule has 0 atom stereocenters. The van der Waals surface area contributed by atoms with Crippen molar-refractivity contribution in [3.8, 4) is 0 Å². The van der Waals surface area contributed by atoms with Crippen LogP contribution in [0.25, 0.3) is 0 Å². The van der Waals surface area contributed by atoms with Gasteiger partial charge < -0.3 is 15.2 Å². The second-order valence-electron chi connectivity index (χ2n) is 4.53.